The number of thioether (sulfide) groups is 1. The molecule has 9 heteroatoms. The average Bonchev–Trinajstić information content (AvgIpc) is 3.19. The number of benzene rings is 2. The molecule has 0 radical (unpaired) electrons. The standard InChI is InChI=1S/C21H15ClFN3O2S2/c1-12-2-5-14(10-16(12)23)24-18(27)11-30-21-25-17-8-9-29-19(17)20(28)26(21)15-6-3-13(22)4-7-15/h2-10H,11H2,1H3,(H,24,27). The summed E-state index contributed by atoms with van der Waals surface area (Å²) >= 11 is 8.42. The summed E-state index contributed by atoms with van der Waals surface area (Å²) < 4.78 is 15.7. The van der Waals surface area contributed by atoms with E-state index in [4.69, 9.17) is 11.6 Å². The molecule has 0 aliphatic rings. The molecule has 0 saturated heterocycles. The topological polar surface area (TPSA) is 64.0 Å². The van der Waals surface area contributed by atoms with Crippen LogP contribution in [0.3, 0.4) is 0 Å². The molecule has 0 aliphatic carbocycles. The zero-order chi connectivity index (χ0) is 21.3. The van der Waals surface area contributed by atoms with Crippen LogP contribution < -0.4 is 10.9 Å². The van der Waals surface area contributed by atoms with Crippen molar-refractivity contribution in [2.45, 2.75) is 12.1 Å². The summed E-state index contributed by atoms with van der Waals surface area (Å²) in [6.45, 7) is 1.65. The molecular weight excluding hydrogens is 445 g/mol. The number of fused-ring (bicyclic) bond motifs is 1. The van der Waals surface area contributed by atoms with Crippen LogP contribution in [0, 0.1) is 12.7 Å². The number of aryl methyl sites for hydroxylation is 1. The van der Waals surface area contributed by atoms with Gasteiger partial charge in [-0.2, -0.15) is 0 Å². The lowest BCUT2D eigenvalue weighted by Crippen LogP contribution is -2.22. The Bertz CT molecular complexity index is 1300. The molecule has 4 rings (SSSR count). The fraction of sp³-hybridized carbons (Fsp3) is 0.0952. The van der Waals surface area contributed by atoms with Gasteiger partial charge in [0, 0.05) is 10.7 Å². The summed E-state index contributed by atoms with van der Waals surface area (Å²) in [6.07, 6.45) is 0. The molecule has 152 valence electrons. The highest BCUT2D eigenvalue weighted by molar-refractivity contribution is 7.99. The first-order chi connectivity index (χ1) is 14.4. The number of nitrogens with zero attached hydrogens (tertiary/aromatic N) is 2. The van der Waals surface area contributed by atoms with Crippen molar-refractivity contribution in [2.24, 2.45) is 0 Å². The molecule has 0 atom stereocenters. The van der Waals surface area contributed by atoms with Gasteiger partial charge in [0.2, 0.25) is 5.91 Å². The van der Waals surface area contributed by atoms with E-state index in [0.29, 0.717) is 37.3 Å². The molecule has 2 aromatic heterocycles. The predicted molar refractivity (Wildman–Crippen MR) is 121 cm³/mol. The third-order valence-corrected chi connectivity index (χ3v) is 6.40. The van der Waals surface area contributed by atoms with E-state index in [-0.39, 0.29) is 23.0 Å². The maximum absolute atomic E-state index is 13.7. The van der Waals surface area contributed by atoms with Crippen LogP contribution in [-0.4, -0.2) is 21.2 Å². The quantitative estimate of drug-likeness (QED) is 0.326. The first-order valence-electron chi connectivity index (χ1n) is 8.87. The number of thiophene rings is 1. The van der Waals surface area contributed by atoms with Gasteiger partial charge in [0.05, 0.1) is 17.0 Å². The van der Waals surface area contributed by atoms with Crippen LogP contribution in [0.15, 0.2) is 63.9 Å². The third-order valence-electron chi connectivity index (χ3n) is 4.32. The van der Waals surface area contributed by atoms with Crippen molar-refractivity contribution in [1.29, 1.82) is 0 Å². The highest BCUT2D eigenvalue weighted by atomic mass is 35.5. The molecule has 5 nitrogen and oxygen atoms in total. The SMILES string of the molecule is Cc1ccc(NC(=O)CSc2nc3ccsc3c(=O)n2-c2ccc(Cl)cc2)cc1F. The number of hydrogen-bond donors (Lipinski definition) is 1. The second kappa shape index (κ2) is 8.59. The molecule has 0 aliphatic heterocycles. The Morgan fingerprint density at radius 3 is 2.73 bits per heavy atom. The average molecular weight is 460 g/mol. The van der Waals surface area contributed by atoms with Crippen molar-refractivity contribution in [1.82, 2.24) is 9.55 Å². The van der Waals surface area contributed by atoms with E-state index in [0.717, 1.165) is 11.8 Å². The first kappa shape index (κ1) is 20.6. The number of carbonyl (C=O) groups excluding carboxylic acids is 1. The molecule has 0 saturated carbocycles. The van der Waals surface area contributed by atoms with Crippen molar-refractivity contribution >= 4 is 56.5 Å². The monoisotopic (exact) mass is 459 g/mol. The lowest BCUT2D eigenvalue weighted by Gasteiger charge is -2.12. The highest BCUT2D eigenvalue weighted by Gasteiger charge is 2.16. The van der Waals surface area contributed by atoms with Crippen molar-refractivity contribution in [3.63, 3.8) is 0 Å². The summed E-state index contributed by atoms with van der Waals surface area (Å²) in [5.41, 5.74) is 1.86. The van der Waals surface area contributed by atoms with Gasteiger partial charge in [0.1, 0.15) is 10.5 Å². The number of anilines is 1. The van der Waals surface area contributed by atoms with Crippen molar-refractivity contribution in [3.05, 3.63) is 80.7 Å². The molecule has 0 bridgehead atoms. The van der Waals surface area contributed by atoms with Crippen molar-refractivity contribution in [3.8, 4) is 5.69 Å². The molecular formula is C21H15ClFN3O2S2. The van der Waals surface area contributed by atoms with Gasteiger partial charge in [0.25, 0.3) is 5.56 Å². The molecule has 0 unspecified atom stereocenters. The molecule has 2 aromatic carbocycles. The summed E-state index contributed by atoms with van der Waals surface area (Å²) in [5, 5.41) is 5.41. The summed E-state index contributed by atoms with van der Waals surface area (Å²) in [4.78, 5) is 30.0. The Morgan fingerprint density at radius 2 is 2.00 bits per heavy atom. The highest BCUT2D eigenvalue weighted by Crippen LogP contribution is 2.24. The Balaban J connectivity index is 1.62. The minimum Gasteiger partial charge on any atom is -0.325 e. The second-order valence-electron chi connectivity index (χ2n) is 6.45. The van der Waals surface area contributed by atoms with E-state index in [1.807, 2.05) is 0 Å². The van der Waals surface area contributed by atoms with Gasteiger partial charge in [-0.3, -0.25) is 14.2 Å². The lowest BCUT2D eigenvalue weighted by molar-refractivity contribution is -0.113. The minimum absolute atomic E-state index is 0.00513. The van der Waals surface area contributed by atoms with Gasteiger partial charge in [0.15, 0.2) is 5.16 Å². The fourth-order valence-corrected chi connectivity index (χ4v) is 4.50. The van der Waals surface area contributed by atoms with Crippen LogP contribution in [0.4, 0.5) is 10.1 Å². The van der Waals surface area contributed by atoms with Crippen molar-refractivity contribution in [2.75, 3.05) is 11.1 Å². The van der Waals surface area contributed by atoms with Crippen LogP contribution >= 0.6 is 34.7 Å². The number of carbonyl (C=O) groups is 1. The van der Waals surface area contributed by atoms with E-state index in [2.05, 4.69) is 10.3 Å². The second-order valence-corrected chi connectivity index (χ2v) is 8.74. The number of nitrogens with one attached hydrogen (secondary N) is 1. The Morgan fingerprint density at radius 1 is 1.23 bits per heavy atom. The zero-order valence-electron chi connectivity index (χ0n) is 15.7. The maximum Gasteiger partial charge on any atom is 0.276 e. The van der Waals surface area contributed by atoms with E-state index in [1.54, 1.807) is 54.8 Å². The summed E-state index contributed by atoms with van der Waals surface area (Å²) in [7, 11) is 0. The zero-order valence-corrected chi connectivity index (χ0v) is 18.1. The maximum atomic E-state index is 13.7. The largest absolute Gasteiger partial charge is 0.325 e. The van der Waals surface area contributed by atoms with E-state index in [9.17, 15) is 14.0 Å². The summed E-state index contributed by atoms with van der Waals surface area (Å²) in [5.74, 6) is -0.710. The van der Waals surface area contributed by atoms with Crippen molar-refractivity contribution < 1.29 is 9.18 Å². The van der Waals surface area contributed by atoms with Crippen LogP contribution in [0.1, 0.15) is 5.56 Å². The van der Waals surface area contributed by atoms with E-state index < -0.39 is 0 Å². The number of rotatable bonds is 5. The van der Waals surface area contributed by atoms with Gasteiger partial charge in [-0.25, -0.2) is 9.37 Å². The minimum atomic E-state index is -0.387. The Labute approximate surface area is 184 Å². The Kier molecular flexibility index (Phi) is 5.90. The molecule has 2 heterocycles. The Hall–Kier alpha value is -2.68. The molecule has 0 spiro atoms. The third kappa shape index (κ3) is 4.26. The number of amides is 1. The van der Waals surface area contributed by atoms with Gasteiger partial charge in [-0.05, 0) is 60.3 Å². The van der Waals surface area contributed by atoms with Gasteiger partial charge in [-0.1, -0.05) is 29.4 Å². The lowest BCUT2D eigenvalue weighted by atomic mass is 10.2. The van der Waals surface area contributed by atoms with Crippen LogP contribution in [0.2, 0.25) is 5.02 Å². The number of halogens is 2. The first-order valence-corrected chi connectivity index (χ1v) is 11.1. The van der Waals surface area contributed by atoms with Crippen LogP contribution in [-0.2, 0) is 4.79 Å². The van der Waals surface area contributed by atoms with E-state index in [1.165, 1.54) is 22.0 Å². The van der Waals surface area contributed by atoms with Crippen LogP contribution in [0.25, 0.3) is 15.9 Å². The smallest absolute Gasteiger partial charge is 0.276 e. The summed E-state index contributed by atoms with van der Waals surface area (Å²) in [6, 6.07) is 13.1. The molecule has 30 heavy (non-hydrogen) atoms. The van der Waals surface area contributed by atoms with E-state index >= 15 is 0 Å². The van der Waals surface area contributed by atoms with Gasteiger partial charge >= 0.3 is 0 Å². The van der Waals surface area contributed by atoms with Gasteiger partial charge in [-0.15, -0.1) is 11.3 Å². The van der Waals surface area contributed by atoms with Gasteiger partial charge < -0.3 is 5.32 Å². The molecule has 4 aromatic rings. The normalized spacial score (nSPS) is 11.0. The van der Waals surface area contributed by atoms with Crippen LogP contribution in [0.5, 0.6) is 0 Å². The number of hydrogen-bond acceptors (Lipinski definition) is 5. The fourth-order valence-electron chi connectivity index (χ4n) is 2.80. The predicted octanol–water partition coefficient (Wildman–Crippen LogP) is 5.28. The number of aromatic nitrogens is 2. The molecule has 0 fully saturated rings. The molecule has 1 amide bonds. The molecule has 1 N–H and O–H groups in total.